The zero-order valence-electron chi connectivity index (χ0n) is 30.1. The summed E-state index contributed by atoms with van der Waals surface area (Å²) < 4.78 is 8.47. The van der Waals surface area contributed by atoms with Gasteiger partial charge in [0, 0.05) is 47.8 Å². The highest BCUT2D eigenvalue weighted by Gasteiger charge is 2.38. The summed E-state index contributed by atoms with van der Waals surface area (Å²) in [5.41, 5.74) is 14.2. The Morgan fingerprint density at radius 3 is 1.69 bits per heavy atom. The van der Waals surface area contributed by atoms with Crippen LogP contribution < -0.4 is 0 Å². The molecule has 1 aliphatic rings. The fraction of sp³-hybridized carbons (Fsp3) is 0.0612. The van der Waals surface area contributed by atoms with Crippen LogP contribution in [0.5, 0.6) is 0 Å². The number of rotatable bonds is 5. The Hall–Kier alpha value is -6.76. The zero-order chi connectivity index (χ0) is 36.7. The van der Waals surface area contributed by atoms with Crippen molar-refractivity contribution in [1.29, 1.82) is 0 Å². The Balaban J connectivity index is 1.03. The highest BCUT2D eigenvalue weighted by Crippen LogP contribution is 2.53. The van der Waals surface area contributed by atoms with E-state index in [9.17, 15) is 0 Å². The molecule has 0 amide bonds. The van der Waals surface area contributed by atoms with E-state index in [0.717, 1.165) is 33.4 Å². The first-order valence-corrected chi connectivity index (χ1v) is 19.3. The van der Waals surface area contributed by atoms with Gasteiger partial charge in [0.2, 0.25) is 0 Å². The molecule has 0 atom stereocenters. The molecule has 0 bridgehead atoms. The summed E-state index contributed by atoms with van der Waals surface area (Å²) in [5.74, 6) is 1.95. The highest BCUT2D eigenvalue weighted by atomic mass is 32.1. The maximum atomic E-state index is 5.93. The topological polar surface area (TPSA) is 64.7 Å². The third-order valence-corrected chi connectivity index (χ3v) is 12.4. The molecule has 0 radical (unpaired) electrons. The number of nitrogens with zero attached hydrogens (tertiary/aromatic N) is 4. The van der Waals surface area contributed by atoms with Crippen molar-refractivity contribution in [2.75, 3.05) is 0 Å². The van der Waals surface area contributed by atoms with E-state index in [1.807, 2.05) is 72.0 Å². The summed E-state index contributed by atoms with van der Waals surface area (Å²) in [6, 6.07) is 53.4. The van der Waals surface area contributed by atoms with Crippen molar-refractivity contribution in [2.24, 2.45) is 0 Å². The van der Waals surface area contributed by atoms with Crippen molar-refractivity contribution in [3.05, 3.63) is 169 Å². The van der Waals surface area contributed by atoms with Crippen molar-refractivity contribution in [3.8, 4) is 67.5 Å². The molecule has 3 heterocycles. The molecule has 0 saturated carbocycles. The first-order valence-electron chi connectivity index (χ1n) is 18.5. The smallest absolute Gasteiger partial charge is 0.182 e. The second-order valence-corrected chi connectivity index (χ2v) is 15.7. The molecule has 0 unspecified atom stereocenters. The van der Waals surface area contributed by atoms with Crippen LogP contribution in [0.2, 0.25) is 0 Å². The molecule has 0 saturated heterocycles. The summed E-state index contributed by atoms with van der Waals surface area (Å²) in [5, 5.41) is 2.52. The number of thiophene rings is 1. The molecule has 1 aliphatic carbocycles. The second-order valence-electron chi connectivity index (χ2n) is 14.7. The van der Waals surface area contributed by atoms with Gasteiger partial charge in [-0.1, -0.05) is 147 Å². The van der Waals surface area contributed by atoms with Crippen LogP contribution >= 0.6 is 11.3 Å². The highest BCUT2D eigenvalue weighted by molar-refractivity contribution is 7.26. The molecule has 10 aromatic rings. The van der Waals surface area contributed by atoms with Crippen LogP contribution in [-0.2, 0) is 5.41 Å². The maximum Gasteiger partial charge on any atom is 0.182 e. The van der Waals surface area contributed by atoms with Crippen LogP contribution in [-0.4, -0.2) is 19.9 Å². The largest absolute Gasteiger partial charge is 0.443 e. The van der Waals surface area contributed by atoms with Crippen molar-refractivity contribution in [3.63, 3.8) is 0 Å². The average Bonchev–Trinajstić information content (AvgIpc) is 3.94. The summed E-state index contributed by atoms with van der Waals surface area (Å²) in [4.78, 5) is 19.4. The van der Waals surface area contributed by atoms with Gasteiger partial charge in [-0.25, -0.2) is 19.9 Å². The molecule has 55 heavy (non-hydrogen) atoms. The Kier molecular flexibility index (Phi) is 7.00. The minimum absolute atomic E-state index is 0.170. The maximum absolute atomic E-state index is 5.93. The number of hydrogen-bond donors (Lipinski definition) is 0. The van der Waals surface area contributed by atoms with E-state index in [1.54, 1.807) is 6.39 Å². The minimum Gasteiger partial charge on any atom is -0.443 e. The van der Waals surface area contributed by atoms with Gasteiger partial charge < -0.3 is 4.42 Å². The minimum atomic E-state index is -0.170. The van der Waals surface area contributed by atoms with Crippen LogP contribution in [0, 0.1) is 0 Å². The third-order valence-electron chi connectivity index (χ3n) is 11.1. The van der Waals surface area contributed by atoms with E-state index in [2.05, 4.69) is 110 Å². The molecule has 3 aromatic heterocycles. The lowest BCUT2D eigenvalue weighted by molar-refractivity contribution is 0.601. The number of hydrogen-bond acceptors (Lipinski definition) is 6. The fourth-order valence-electron chi connectivity index (χ4n) is 8.35. The molecule has 0 aliphatic heterocycles. The molecule has 260 valence electrons. The van der Waals surface area contributed by atoms with Crippen LogP contribution in [0.4, 0.5) is 0 Å². The molecular formula is C49H32N4OS. The molecule has 11 rings (SSSR count). The van der Waals surface area contributed by atoms with E-state index in [0.29, 0.717) is 17.5 Å². The monoisotopic (exact) mass is 724 g/mol. The van der Waals surface area contributed by atoms with Gasteiger partial charge in [-0.2, -0.15) is 0 Å². The van der Waals surface area contributed by atoms with Gasteiger partial charge >= 0.3 is 0 Å². The molecule has 6 heteroatoms. The molecule has 5 nitrogen and oxygen atoms in total. The SMILES string of the molecule is CC1(C)c2cc(-c3cccc4c3sc3c(-c5cccc(-c6nc(-c7ccccc7)nc(-c7ccccc7)n6)c5)cccc34)ccc2-c2c1ccc1ncoc21. The van der Waals surface area contributed by atoms with Gasteiger partial charge in [0.05, 0.1) is 0 Å². The summed E-state index contributed by atoms with van der Waals surface area (Å²) in [6.45, 7) is 4.62. The first kappa shape index (κ1) is 31.7. The summed E-state index contributed by atoms with van der Waals surface area (Å²) >= 11 is 1.86. The van der Waals surface area contributed by atoms with Crippen molar-refractivity contribution < 1.29 is 4.42 Å². The van der Waals surface area contributed by atoms with E-state index < -0.39 is 0 Å². The summed E-state index contributed by atoms with van der Waals surface area (Å²) in [7, 11) is 0. The molecule has 0 N–H and O–H groups in total. The third kappa shape index (κ3) is 4.99. The van der Waals surface area contributed by atoms with Crippen LogP contribution in [0.3, 0.4) is 0 Å². The van der Waals surface area contributed by atoms with Gasteiger partial charge in [-0.3, -0.25) is 0 Å². The molecule has 0 fully saturated rings. The standard InChI is InChI=1S/C49H32N4OS/c1-49(2)39-24-25-41-43(54-28-50-41)42(39)38-23-22-32(27-40(38)49)35-19-11-21-37-36-20-10-18-34(44(36)55-45(35)37)31-16-9-17-33(26-31)48-52-46(29-12-5-3-6-13-29)51-47(53-48)30-14-7-4-8-15-30/h3-28H,1-2H3. The van der Waals surface area contributed by atoms with Crippen LogP contribution in [0.15, 0.2) is 162 Å². The van der Waals surface area contributed by atoms with Crippen LogP contribution in [0.25, 0.3) is 98.8 Å². The van der Waals surface area contributed by atoms with E-state index in [4.69, 9.17) is 19.4 Å². The van der Waals surface area contributed by atoms with Gasteiger partial charge in [0.15, 0.2) is 29.4 Å². The lowest BCUT2D eigenvalue weighted by Crippen LogP contribution is -2.14. The Labute approximate surface area is 321 Å². The second kappa shape index (κ2) is 12.1. The Morgan fingerprint density at radius 1 is 0.473 bits per heavy atom. The van der Waals surface area contributed by atoms with Gasteiger partial charge in [-0.05, 0) is 57.1 Å². The summed E-state index contributed by atoms with van der Waals surface area (Å²) in [6.07, 6.45) is 1.55. The predicted octanol–water partition coefficient (Wildman–Crippen LogP) is 13.0. The normalized spacial score (nSPS) is 13.1. The first-order chi connectivity index (χ1) is 27.0. The van der Waals surface area contributed by atoms with E-state index >= 15 is 0 Å². The fourth-order valence-corrected chi connectivity index (χ4v) is 9.72. The number of oxazole rings is 1. The van der Waals surface area contributed by atoms with Gasteiger partial charge in [-0.15, -0.1) is 11.3 Å². The Bertz CT molecular complexity index is 3070. The van der Waals surface area contributed by atoms with E-state index in [1.165, 1.54) is 59.1 Å². The predicted molar refractivity (Wildman–Crippen MR) is 225 cm³/mol. The zero-order valence-corrected chi connectivity index (χ0v) is 30.9. The number of fused-ring (bicyclic) bond motifs is 8. The van der Waals surface area contributed by atoms with E-state index in [-0.39, 0.29) is 5.41 Å². The van der Waals surface area contributed by atoms with Gasteiger partial charge in [0.25, 0.3) is 0 Å². The van der Waals surface area contributed by atoms with Crippen molar-refractivity contribution in [1.82, 2.24) is 19.9 Å². The molecule has 0 spiro atoms. The average molecular weight is 725 g/mol. The molecular weight excluding hydrogens is 693 g/mol. The van der Waals surface area contributed by atoms with Crippen LogP contribution in [0.1, 0.15) is 25.0 Å². The number of benzene rings is 7. The Morgan fingerprint density at radius 2 is 1.04 bits per heavy atom. The van der Waals surface area contributed by atoms with Crippen molar-refractivity contribution in [2.45, 2.75) is 19.3 Å². The van der Waals surface area contributed by atoms with Gasteiger partial charge in [0.1, 0.15) is 5.52 Å². The lowest BCUT2D eigenvalue weighted by Gasteiger charge is -2.22. The van der Waals surface area contributed by atoms with Crippen molar-refractivity contribution >= 4 is 42.6 Å². The lowest BCUT2D eigenvalue weighted by atomic mass is 9.81. The molecule has 7 aromatic carbocycles. The quantitative estimate of drug-likeness (QED) is 0.177. The number of aromatic nitrogens is 4.